The number of aryl methyl sites for hydroxylation is 1. The monoisotopic (exact) mass is 489 g/mol. The van der Waals surface area contributed by atoms with Gasteiger partial charge in [0.05, 0.1) is 20.8 Å². The Balaban J connectivity index is 1.39. The number of nitrogens with two attached hydrogens (primary N) is 1. The number of hydrogen-bond acceptors (Lipinski definition) is 6. The van der Waals surface area contributed by atoms with Crippen LogP contribution in [0.15, 0.2) is 23.1 Å². The lowest BCUT2D eigenvalue weighted by Crippen LogP contribution is -2.62. The van der Waals surface area contributed by atoms with Gasteiger partial charge < -0.3 is 5.73 Å². The van der Waals surface area contributed by atoms with Gasteiger partial charge in [-0.25, -0.2) is 8.42 Å². The van der Waals surface area contributed by atoms with Gasteiger partial charge in [-0.05, 0) is 88.0 Å². The highest BCUT2D eigenvalue weighted by Crippen LogP contribution is 2.66. The first-order valence-electron chi connectivity index (χ1n) is 12.0. The Bertz CT molecular complexity index is 1180. The number of Topliss-reactive ketones (excluding diaryl/α,β-unsaturated/α-hetero) is 1. The molecule has 5 saturated carbocycles. The Morgan fingerprint density at radius 3 is 2.35 bits per heavy atom. The van der Waals surface area contributed by atoms with Crippen molar-refractivity contribution in [1.29, 1.82) is 0 Å². The molecule has 3 N–H and O–H groups in total. The van der Waals surface area contributed by atoms with Crippen LogP contribution in [-0.4, -0.2) is 30.6 Å². The minimum atomic E-state index is -4.14. The average Bonchev–Trinajstić information content (AvgIpc) is 2.69. The number of ketones is 1. The number of nitro benzene ring substituents is 1. The first-order valence-corrected chi connectivity index (χ1v) is 13.5. The lowest BCUT2D eigenvalue weighted by molar-refractivity contribution is -0.385. The van der Waals surface area contributed by atoms with E-state index < -0.39 is 25.9 Å². The van der Waals surface area contributed by atoms with Gasteiger partial charge >= 0.3 is 0 Å². The van der Waals surface area contributed by atoms with E-state index in [4.69, 9.17) is 5.73 Å². The molecule has 2 atom stereocenters. The number of carbonyl (C=O) groups excluding carboxylic acids is 2. The second-order valence-electron chi connectivity index (χ2n) is 11.5. The Morgan fingerprint density at radius 1 is 1.18 bits per heavy atom. The zero-order valence-electron chi connectivity index (χ0n) is 19.3. The summed E-state index contributed by atoms with van der Waals surface area (Å²) in [4.78, 5) is 36.5. The topological polar surface area (TPSA) is 149 Å². The summed E-state index contributed by atoms with van der Waals surface area (Å²) in [6.45, 7) is 1.54. The number of nitro groups is 1. The summed E-state index contributed by atoms with van der Waals surface area (Å²) in [5.74, 6) is 0.385. The first-order chi connectivity index (χ1) is 15.9. The number of rotatable bonds is 8. The summed E-state index contributed by atoms with van der Waals surface area (Å²) >= 11 is 0. The van der Waals surface area contributed by atoms with Crippen molar-refractivity contribution >= 4 is 27.4 Å². The minimum Gasteiger partial charge on any atom is -0.369 e. The van der Waals surface area contributed by atoms with E-state index in [1.54, 1.807) is 6.92 Å². The molecule has 0 spiro atoms. The summed E-state index contributed by atoms with van der Waals surface area (Å²) in [5.41, 5.74) is 3.90. The summed E-state index contributed by atoms with van der Waals surface area (Å²) in [7, 11) is -4.14. The van der Waals surface area contributed by atoms with Gasteiger partial charge in [-0.3, -0.25) is 19.7 Å². The number of amides is 1. The molecule has 5 fully saturated rings. The van der Waals surface area contributed by atoms with Crippen LogP contribution in [0.2, 0.25) is 0 Å². The van der Waals surface area contributed by atoms with Crippen LogP contribution in [0.3, 0.4) is 0 Å². The number of primary amides is 1. The fourth-order valence-corrected chi connectivity index (χ4v) is 9.16. The third-order valence-corrected chi connectivity index (χ3v) is 10.5. The summed E-state index contributed by atoms with van der Waals surface area (Å²) < 4.78 is 29.0. The van der Waals surface area contributed by atoms with Gasteiger partial charge in [-0.15, -0.1) is 0 Å². The molecule has 4 bridgehead atoms. The quantitative estimate of drug-likeness (QED) is 0.423. The summed E-state index contributed by atoms with van der Waals surface area (Å²) in [6.07, 6.45) is 6.85. The molecule has 184 valence electrons. The van der Waals surface area contributed by atoms with Gasteiger partial charge in [0.2, 0.25) is 15.9 Å². The van der Waals surface area contributed by atoms with Crippen LogP contribution < -0.4 is 10.5 Å². The van der Waals surface area contributed by atoms with Gasteiger partial charge in [-0.1, -0.05) is 6.07 Å². The molecule has 5 aliphatic rings. The molecule has 0 aliphatic heterocycles. The van der Waals surface area contributed by atoms with Crippen LogP contribution in [0.5, 0.6) is 0 Å². The van der Waals surface area contributed by atoms with Crippen molar-refractivity contribution in [3.8, 4) is 0 Å². The molecule has 0 heterocycles. The van der Waals surface area contributed by atoms with E-state index in [0.29, 0.717) is 36.7 Å². The Labute approximate surface area is 199 Å². The molecule has 0 saturated heterocycles. The maximum Gasteiger partial charge on any atom is 0.273 e. The number of sulfonamides is 1. The molecular formula is C24H31N3O6S. The van der Waals surface area contributed by atoms with Crippen LogP contribution in [0, 0.1) is 39.7 Å². The zero-order valence-corrected chi connectivity index (χ0v) is 20.2. The maximum atomic E-state index is 13.7. The lowest BCUT2D eigenvalue weighted by Gasteiger charge is -2.61. The molecule has 10 heteroatoms. The van der Waals surface area contributed by atoms with Crippen molar-refractivity contribution in [2.75, 3.05) is 0 Å². The smallest absolute Gasteiger partial charge is 0.273 e. The van der Waals surface area contributed by atoms with Crippen LogP contribution in [0.25, 0.3) is 0 Å². The van der Waals surface area contributed by atoms with Crippen molar-refractivity contribution in [2.24, 2.45) is 28.4 Å². The summed E-state index contributed by atoms with van der Waals surface area (Å²) in [6, 6.07) is 3.78. The van der Waals surface area contributed by atoms with Crippen LogP contribution >= 0.6 is 0 Å². The molecule has 0 aromatic heterocycles. The largest absolute Gasteiger partial charge is 0.369 e. The molecule has 34 heavy (non-hydrogen) atoms. The van der Waals surface area contributed by atoms with Crippen LogP contribution in [-0.2, 0) is 19.6 Å². The highest BCUT2D eigenvalue weighted by atomic mass is 32.2. The van der Waals surface area contributed by atoms with Gasteiger partial charge in [0.1, 0.15) is 0 Å². The van der Waals surface area contributed by atoms with Gasteiger partial charge in [0.25, 0.3) is 5.69 Å². The molecule has 5 aliphatic carbocycles. The fourth-order valence-electron chi connectivity index (χ4n) is 7.69. The molecule has 6 rings (SSSR count). The lowest BCUT2D eigenvalue weighted by atomic mass is 9.43. The average molecular weight is 490 g/mol. The van der Waals surface area contributed by atoms with E-state index in [9.17, 15) is 28.1 Å². The highest BCUT2D eigenvalue weighted by molar-refractivity contribution is 7.89. The minimum absolute atomic E-state index is 0.134. The Hall–Kier alpha value is -2.33. The second-order valence-corrected chi connectivity index (χ2v) is 13.1. The predicted molar refractivity (Wildman–Crippen MR) is 123 cm³/mol. The zero-order chi connectivity index (χ0) is 24.5. The molecule has 1 aromatic carbocycles. The number of carbonyl (C=O) groups is 2. The number of nitrogens with one attached hydrogen (secondary N) is 1. The van der Waals surface area contributed by atoms with Crippen molar-refractivity contribution in [3.05, 3.63) is 33.9 Å². The Kier molecular flexibility index (Phi) is 5.22. The van der Waals surface area contributed by atoms with E-state index in [-0.39, 0.29) is 34.1 Å². The van der Waals surface area contributed by atoms with Crippen LogP contribution in [0.1, 0.15) is 69.8 Å². The normalized spacial score (nSPS) is 33.3. The molecule has 2 unspecified atom stereocenters. The van der Waals surface area contributed by atoms with Gasteiger partial charge in [0.15, 0.2) is 5.78 Å². The molecule has 9 nitrogen and oxygen atoms in total. The van der Waals surface area contributed by atoms with E-state index >= 15 is 0 Å². The van der Waals surface area contributed by atoms with Crippen molar-refractivity contribution in [1.82, 2.24) is 4.72 Å². The standard InChI is InChI=1S/C24H31N3O6S/c1-15-3-4-18(8-19(15)27(30)31)34(32,33)26-24(5-2-6-24)20(28)13-22-9-16-7-17(10-22)12-23(11-16,14-22)21(25)29/h3-4,8,16-17,26H,2,5-7,9-14H2,1H3,(H2,25,29). The van der Waals surface area contributed by atoms with E-state index in [1.165, 1.54) is 12.1 Å². The predicted octanol–water partition coefficient (Wildman–Crippen LogP) is 3.14. The van der Waals surface area contributed by atoms with E-state index in [2.05, 4.69) is 4.72 Å². The van der Waals surface area contributed by atoms with E-state index in [1.807, 2.05) is 0 Å². The molecular weight excluding hydrogens is 458 g/mol. The first kappa shape index (κ1) is 23.4. The third kappa shape index (κ3) is 3.66. The molecule has 1 amide bonds. The molecule has 0 radical (unpaired) electrons. The highest BCUT2D eigenvalue weighted by Gasteiger charge is 2.61. The number of hydrogen-bond donors (Lipinski definition) is 2. The van der Waals surface area contributed by atoms with Crippen LogP contribution in [0.4, 0.5) is 5.69 Å². The third-order valence-electron chi connectivity index (χ3n) is 9.00. The number of benzene rings is 1. The van der Waals surface area contributed by atoms with E-state index in [0.717, 1.165) is 44.6 Å². The van der Waals surface area contributed by atoms with Gasteiger partial charge in [-0.2, -0.15) is 4.72 Å². The Morgan fingerprint density at radius 2 is 1.82 bits per heavy atom. The summed E-state index contributed by atoms with van der Waals surface area (Å²) in [5, 5.41) is 11.3. The van der Waals surface area contributed by atoms with Crippen molar-refractivity contribution in [3.63, 3.8) is 0 Å². The van der Waals surface area contributed by atoms with Gasteiger partial charge in [0, 0.05) is 18.1 Å². The van der Waals surface area contributed by atoms with Crippen molar-refractivity contribution in [2.45, 2.75) is 81.6 Å². The van der Waals surface area contributed by atoms with Crippen molar-refractivity contribution < 1.29 is 22.9 Å². The number of nitrogens with zero attached hydrogens (tertiary/aromatic N) is 1. The SMILES string of the molecule is Cc1ccc(S(=O)(=O)NC2(C(=O)CC34CC5CC(C3)CC(C(N)=O)(C5)C4)CCC2)cc1[N+](=O)[O-]. The molecule has 1 aromatic rings. The maximum absolute atomic E-state index is 13.7. The fraction of sp³-hybridized carbons (Fsp3) is 0.667. The second kappa shape index (κ2) is 7.58.